The van der Waals surface area contributed by atoms with Gasteiger partial charge in [-0.2, -0.15) is 0 Å². The van der Waals surface area contributed by atoms with Crippen LogP contribution in [0.4, 0.5) is 5.13 Å². The molecule has 27 heavy (non-hydrogen) atoms. The van der Waals surface area contributed by atoms with E-state index >= 15 is 0 Å². The predicted molar refractivity (Wildman–Crippen MR) is 104 cm³/mol. The van der Waals surface area contributed by atoms with Crippen LogP contribution in [-0.2, 0) is 30.2 Å². The molecule has 142 valence electrons. The number of methoxy groups -OCH3 is 1. The molecule has 0 aliphatic heterocycles. The van der Waals surface area contributed by atoms with Gasteiger partial charge in [0.1, 0.15) is 5.65 Å². The van der Waals surface area contributed by atoms with E-state index in [9.17, 15) is 14.4 Å². The number of carbonyl (C=O) groups is 1. The van der Waals surface area contributed by atoms with Crippen molar-refractivity contribution in [3.05, 3.63) is 44.2 Å². The lowest BCUT2D eigenvalue weighted by Gasteiger charge is -2.13. The van der Waals surface area contributed by atoms with Gasteiger partial charge in [0, 0.05) is 49.4 Å². The molecule has 3 aromatic heterocycles. The Morgan fingerprint density at radius 3 is 2.74 bits per heavy atom. The summed E-state index contributed by atoms with van der Waals surface area (Å²) in [5.41, 5.74) is 0.0249. The van der Waals surface area contributed by atoms with Crippen LogP contribution >= 0.6 is 23.1 Å². The zero-order valence-electron chi connectivity index (χ0n) is 14.9. The summed E-state index contributed by atoms with van der Waals surface area (Å²) in [5, 5.41) is 5.27. The number of nitrogens with zero attached hydrogens (tertiary/aromatic N) is 4. The summed E-state index contributed by atoms with van der Waals surface area (Å²) in [5.74, 6) is -0.175. The number of ether oxygens (including phenoxy) is 1. The number of aryl methyl sites for hydroxylation is 1. The average Bonchev–Trinajstić information content (AvgIpc) is 3.16. The van der Waals surface area contributed by atoms with Crippen molar-refractivity contribution < 1.29 is 9.53 Å². The zero-order chi connectivity index (χ0) is 19.6. The molecular formula is C16H17N5O4S2. The van der Waals surface area contributed by atoms with Crippen LogP contribution in [0.5, 0.6) is 0 Å². The van der Waals surface area contributed by atoms with Crippen LogP contribution in [0.2, 0.25) is 0 Å². The molecule has 0 fully saturated rings. The summed E-state index contributed by atoms with van der Waals surface area (Å²) in [7, 11) is 4.50. The first-order valence-electron chi connectivity index (χ1n) is 7.82. The Bertz CT molecular complexity index is 1100. The molecule has 1 amide bonds. The number of hydrogen-bond donors (Lipinski definition) is 1. The number of hydrogen-bond acceptors (Lipinski definition) is 8. The second-order valence-electron chi connectivity index (χ2n) is 5.62. The molecule has 0 radical (unpaired) electrons. The maximum absolute atomic E-state index is 12.7. The van der Waals surface area contributed by atoms with E-state index in [1.54, 1.807) is 24.8 Å². The molecule has 0 spiro atoms. The highest BCUT2D eigenvalue weighted by atomic mass is 32.2. The molecule has 0 aromatic carbocycles. The van der Waals surface area contributed by atoms with E-state index < -0.39 is 11.2 Å². The van der Waals surface area contributed by atoms with Gasteiger partial charge in [0.2, 0.25) is 5.91 Å². The maximum atomic E-state index is 12.7. The lowest BCUT2D eigenvalue weighted by Crippen LogP contribution is -2.37. The number of carbonyl (C=O) groups excluding carboxylic acids is 1. The Balaban J connectivity index is 2.03. The molecule has 11 heteroatoms. The first-order chi connectivity index (χ1) is 12.9. The van der Waals surface area contributed by atoms with Crippen LogP contribution in [0.25, 0.3) is 11.0 Å². The van der Waals surface area contributed by atoms with Gasteiger partial charge in [0.25, 0.3) is 5.56 Å². The third-order valence-electron chi connectivity index (χ3n) is 3.82. The monoisotopic (exact) mass is 407 g/mol. The van der Waals surface area contributed by atoms with Crippen LogP contribution in [0.3, 0.4) is 0 Å². The Morgan fingerprint density at radius 1 is 1.30 bits per heavy atom. The molecule has 3 aromatic rings. The van der Waals surface area contributed by atoms with Crippen LogP contribution in [0, 0.1) is 0 Å². The number of aromatic nitrogens is 4. The van der Waals surface area contributed by atoms with Gasteiger partial charge in [-0.15, -0.1) is 23.1 Å². The molecule has 0 bridgehead atoms. The second kappa shape index (κ2) is 8.03. The number of thioether (sulfide) groups is 1. The van der Waals surface area contributed by atoms with Crippen LogP contribution in [0.15, 0.2) is 32.3 Å². The normalized spacial score (nSPS) is 11.1. The highest BCUT2D eigenvalue weighted by Crippen LogP contribution is 2.28. The minimum atomic E-state index is -0.461. The Hall–Kier alpha value is -2.50. The lowest BCUT2D eigenvalue weighted by molar-refractivity contribution is -0.113. The largest absolute Gasteiger partial charge is 0.380 e. The molecule has 0 saturated heterocycles. The summed E-state index contributed by atoms with van der Waals surface area (Å²) in [6, 6.07) is 0. The molecule has 0 atom stereocenters. The van der Waals surface area contributed by atoms with E-state index in [1.165, 1.54) is 41.8 Å². The Kier molecular flexibility index (Phi) is 5.73. The SMILES string of the molecule is COCc1cnc2c(c1SCC(=O)Nc1nccs1)c(=O)n(C)c(=O)n2C. The number of anilines is 1. The van der Waals surface area contributed by atoms with Crippen molar-refractivity contribution in [2.75, 3.05) is 18.2 Å². The van der Waals surface area contributed by atoms with Gasteiger partial charge in [-0.1, -0.05) is 0 Å². The summed E-state index contributed by atoms with van der Waals surface area (Å²) in [6.45, 7) is 0.228. The van der Waals surface area contributed by atoms with Crippen molar-refractivity contribution in [1.82, 2.24) is 19.1 Å². The number of thiazole rings is 1. The number of rotatable bonds is 6. The van der Waals surface area contributed by atoms with E-state index in [-0.39, 0.29) is 23.9 Å². The minimum Gasteiger partial charge on any atom is -0.380 e. The van der Waals surface area contributed by atoms with E-state index in [2.05, 4.69) is 15.3 Å². The highest BCUT2D eigenvalue weighted by Gasteiger charge is 2.18. The summed E-state index contributed by atoms with van der Waals surface area (Å²) >= 11 is 2.52. The smallest absolute Gasteiger partial charge is 0.332 e. The number of nitrogens with one attached hydrogen (secondary N) is 1. The average molecular weight is 407 g/mol. The minimum absolute atomic E-state index is 0.0708. The second-order valence-corrected chi connectivity index (χ2v) is 7.50. The fraction of sp³-hybridized carbons (Fsp3) is 0.312. The Morgan fingerprint density at radius 2 is 2.07 bits per heavy atom. The van der Waals surface area contributed by atoms with Gasteiger partial charge in [0.15, 0.2) is 5.13 Å². The lowest BCUT2D eigenvalue weighted by atomic mass is 10.2. The topological polar surface area (TPSA) is 108 Å². The first kappa shape index (κ1) is 19.3. The van der Waals surface area contributed by atoms with Crippen molar-refractivity contribution in [2.45, 2.75) is 11.5 Å². The fourth-order valence-electron chi connectivity index (χ4n) is 2.54. The molecule has 0 aliphatic rings. The van der Waals surface area contributed by atoms with Crippen molar-refractivity contribution in [3.8, 4) is 0 Å². The molecule has 9 nitrogen and oxygen atoms in total. The van der Waals surface area contributed by atoms with Crippen LogP contribution < -0.4 is 16.6 Å². The molecule has 3 heterocycles. The van der Waals surface area contributed by atoms with E-state index in [0.29, 0.717) is 21.0 Å². The van der Waals surface area contributed by atoms with E-state index in [4.69, 9.17) is 4.74 Å². The number of amides is 1. The zero-order valence-corrected chi connectivity index (χ0v) is 16.5. The quantitative estimate of drug-likeness (QED) is 0.607. The van der Waals surface area contributed by atoms with Gasteiger partial charge in [-0.25, -0.2) is 14.8 Å². The Labute approximate surface area is 162 Å². The molecule has 1 N–H and O–H groups in total. The molecule has 3 rings (SSSR count). The van der Waals surface area contributed by atoms with E-state index in [0.717, 1.165) is 4.57 Å². The van der Waals surface area contributed by atoms with Crippen molar-refractivity contribution in [2.24, 2.45) is 14.1 Å². The summed E-state index contributed by atoms with van der Waals surface area (Å²) < 4.78 is 7.53. The maximum Gasteiger partial charge on any atom is 0.332 e. The standard InChI is InChI=1S/C16H17N5O4S2/c1-20-13-11(14(23)21(2)16(20)24)12(9(6-18-13)7-25-3)27-8-10(22)19-15-17-4-5-26-15/h4-6H,7-8H2,1-3H3,(H,17,19,22). The molecular weight excluding hydrogens is 390 g/mol. The van der Waals surface area contributed by atoms with E-state index in [1.807, 2.05) is 0 Å². The third-order valence-corrected chi connectivity index (χ3v) is 5.67. The highest BCUT2D eigenvalue weighted by molar-refractivity contribution is 8.00. The molecule has 0 aliphatic carbocycles. The summed E-state index contributed by atoms with van der Waals surface area (Å²) in [6.07, 6.45) is 3.16. The van der Waals surface area contributed by atoms with Gasteiger partial charge in [-0.3, -0.25) is 18.7 Å². The van der Waals surface area contributed by atoms with Gasteiger partial charge < -0.3 is 10.1 Å². The molecule has 0 unspecified atom stereocenters. The van der Waals surface area contributed by atoms with Gasteiger partial charge >= 0.3 is 5.69 Å². The van der Waals surface area contributed by atoms with Crippen molar-refractivity contribution >= 4 is 45.2 Å². The van der Waals surface area contributed by atoms with Gasteiger partial charge in [0.05, 0.1) is 17.7 Å². The number of pyridine rings is 1. The van der Waals surface area contributed by atoms with Gasteiger partial charge in [-0.05, 0) is 0 Å². The number of fused-ring (bicyclic) bond motifs is 1. The third kappa shape index (κ3) is 3.80. The van der Waals surface area contributed by atoms with Crippen molar-refractivity contribution in [3.63, 3.8) is 0 Å². The fourth-order valence-corrected chi connectivity index (χ4v) is 4.06. The molecule has 0 saturated carbocycles. The van der Waals surface area contributed by atoms with Crippen LogP contribution in [0.1, 0.15) is 5.56 Å². The van der Waals surface area contributed by atoms with Crippen LogP contribution in [-0.4, -0.2) is 37.9 Å². The summed E-state index contributed by atoms with van der Waals surface area (Å²) in [4.78, 5) is 45.9. The first-order valence-corrected chi connectivity index (χ1v) is 9.69. The van der Waals surface area contributed by atoms with Crippen molar-refractivity contribution in [1.29, 1.82) is 0 Å². The predicted octanol–water partition coefficient (Wildman–Crippen LogP) is 0.966.